The molecular weight excluding hydrogens is 341 g/mol. The van der Waals surface area contributed by atoms with Gasteiger partial charge in [0.1, 0.15) is 16.8 Å². The Bertz CT molecular complexity index is 860. The molecule has 2 aromatic heterocycles. The number of ether oxygens (including phenoxy) is 1. The minimum atomic E-state index is -1.59. The smallest absolute Gasteiger partial charge is 0.269 e. The molecule has 0 aliphatic heterocycles. The zero-order chi connectivity index (χ0) is 16.4. The van der Waals surface area contributed by atoms with E-state index in [0.717, 1.165) is 16.4 Å². The summed E-state index contributed by atoms with van der Waals surface area (Å²) >= 11 is 3.01. The number of hydrogen-bond acceptors (Lipinski definition) is 7. The van der Waals surface area contributed by atoms with E-state index in [2.05, 4.69) is 9.97 Å². The Balaban J connectivity index is 1.96. The van der Waals surface area contributed by atoms with E-state index in [9.17, 15) is 14.5 Å². The van der Waals surface area contributed by atoms with Gasteiger partial charge in [0.25, 0.3) is 5.70 Å². The van der Waals surface area contributed by atoms with Crippen molar-refractivity contribution in [3.63, 3.8) is 0 Å². The third kappa shape index (κ3) is 3.25. The summed E-state index contributed by atoms with van der Waals surface area (Å²) in [7, 11) is 0. The maximum absolute atomic E-state index is 14.1. The fourth-order valence-corrected chi connectivity index (χ4v) is 3.48. The second kappa shape index (κ2) is 6.47. The highest BCUT2D eigenvalue weighted by atomic mass is 32.2. The number of nitrogens with zero attached hydrogens (tertiary/aromatic N) is 3. The summed E-state index contributed by atoms with van der Waals surface area (Å²) in [6.07, 6.45) is 6.34. The Morgan fingerprint density at radius 2 is 2.26 bits per heavy atom. The Morgan fingerprint density at radius 1 is 1.43 bits per heavy atom. The quantitative estimate of drug-likeness (QED) is 0.474. The molecule has 0 N–H and O–H groups in total. The van der Waals surface area contributed by atoms with E-state index in [4.69, 9.17) is 4.74 Å². The summed E-state index contributed by atoms with van der Waals surface area (Å²) in [6, 6.07) is 1.90. The summed E-state index contributed by atoms with van der Waals surface area (Å²) in [5.41, 5.74) is 0.505. The average Bonchev–Trinajstić information content (AvgIpc) is 2.88. The number of thioether (sulfide) groups is 1. The SMILES string of the molecule is CSc1cc2ncnc(OC3=CC=C([N+](=O)[O-])C=CC3F)c2s1. The van der Waals surface area contributed by atoms with Crippen LogP contribution in [0.3, 0.4) is 0 Å². The topological polar surface area (TPSA) is 78.2 Å². The zero-order valence-electron chi connectivity index (χ0n) is 11.8. The predicted molar refractivity (Wildman–Crippen MR) is 87.0 cm³/mol. The van der Waals surface area contributed by atoms with Crippen molar-refractivity contribution in [3.8, 4) is 5.88 Å². The number of rotatable bonds is 4. The number of hydrogen-bond donors (Lipinski definition) is 0. The molecule has 0 saturated carbocycles. The van der Waals surface area contributed by atoms with E-state index < -0.39 is 11.1 Å². The second-order valence-electron chi connectivity index (χ2n) is 4.44. The Hall–Kier alpha value is -2.26. The van der Waals surface area contributed by atoms with Crippen molar-refractivity contribution in [2.24, 2.45) is 0 Å². The second-order valence-corrected chi connectivity index (χ2v) is 6.60. The van der Waals surface area contributed by atoms with Gasteiger partial charge in [-0.2, -0.15) is 0 Å². The number of nitro groups is 1. The molecule has 2 aromatic rings. The van der Waals surface area contributed by atoms with Gasteiger partial charge in [-0.3, -0.25) is 10.1 Å². The molecule has 1 atom stereocenters. The minimum absolute atomic E-state index is 0.0581. The first-order valence-corrected chi connectivity index (χ1v) is 8.47. The molecule has 1 unspecified atom stereocenters. The molecule has 3 rings (SSSR count). The fraction of sp³-hybridized carbons (Fsp3) is 0.143. The lowest BCUT2D eigenvalue weighted by molar-refractivity contribution is -0.419. The van der Waals surface area contributed by atoms with Gasteiger partial charge in [0.15, 0.2) is 6.17 Å². The number of thiophene rings is 1. The first kappa shape index (κ1) is 15.6. The summed E-state index contributed by atoms with van der Waals surface area (Å²) in [6.45, 7) is 0. The van der Waals surface area contributed by atoms with E-state index in [1.165, 1.54) is 29.8 Å². The molecule has 0 spiro atoms. The van der Waals surface area contributed by atoms with Crippen molar-refractivity contribution in [1.29, 1.82) is 0 Å². The molecule has 6 nitrogen and oxygen atoms in total. The van der Waals surface area contributed by atoms with E-state index >= 15 is 0 Å². The number of halogens is 1. The highest BCUT2D eigenvalue weighted by Gasteiger charge is 2.20. The van der Waals surface area contributed by atoms with Gasteiger partial charge < -0.3 is 4.74 Å². The molecule has 1 aliphatic carbocycles. The van der Waals surface area contributed by atoms with Crippen molar-refractivity contribution in [2.45, 2.75) is 10.4 Å². The van der Waals surface area contributed by atoms with Crippen molar-refractivity contribution < 1.29 is 14.1 Å². The predicted octanol–water partition coefficient (Wildman–Crippen LogP) is 3.74. The molecule has 118 valence electrons. The molecule has 9 heteroatoms. The van der Waals surface area contributed by atoms with Crippen LogP contribution < -0.4 is 4.74 Å². The van der Waals surface area contributed by atoms with Gasteiger partial charge in [-0.25, -0.2) is 14.4 Å². The Labute approximate surface area is 138 Å². The normalized spacial score (nSPS) is 17.6. The lowest BCUT2D eigenvalue weighted by Crippen LogP contribution is -2.08. The lowest BCUT2D eigenvalue weighted by atomic mass is 10.3. The van der Waals surface area contributed by atoms with Crippen LogP contribution in [0, 0.1) is 10.1 Å². The third-order valence-corrected chi connectivity index (χ3v) is 5.19. The molecule has 23 heavy (non-hydrogen) atoms. The van der Waals surface area contributed by atoms with E-state index in [0.29, 0.717) is 10.2 Å². The fourth-order valence-electron chi connectivity index (χ4n) is 1.90. The van der Waals surface area contributed by atoms with Gasteiger partial charge in [-0.15, -0.1) is 23.1 Å². The van der Waals surface area contributed by atoms with Gasteiger partial charge in [-0.05, 0) is 24.5 Å². The van der Waals surface area contributed by atoms with Crippen LogP contribution in [0.25, 0.3) is 10.2 Å². The molecule has 0 bridgehead atoms. The van der Waals surface area contributed by atoms with Gasteiger partial charge in [0, 0.05) is 12.2 Å². The van der Waals surface area contributed by atoms with E-state index in [1.54, 1.807) is 11.8 Å². The van der Waals surface area contributed by atoms with E-state index in [1.807, 2.05) is 12.3 Å². The Morgan fingerprint density at radius 3 is 3.00 bits per heavy atom. The zero-order valence-corrected chi connectivity index (χ0v) is 13.4. The first-order valence-electron chi connectivity index (χ1n) is 6.43. The van der Waals surface area contributed by atoms with Crippen LogP contribution in [-0.4, -0.2) is 27.3 Å². The van der Waals surface area contributed by atoms with Crippen molar-refractivity contribution in [1.82, 2.24) is 9.97 Å². The van der Waals surface area contributed by atoms with Gasteiger partial charge in [0.2, 0.25) is 5.88 Å². The van der Waals surface area contributed by atoms with Crippen LogP contribution in [-0.2, 0) is 0 Å². The number of allylic oxidation sites excluding steroid dienone is 4. The molecular formula is C14H10FN3O3S2. The third-order valence-electron chi connectivity index (χ3n) is 3.01. The van der Waals surface area contributed by atoms with Crippen molar-refractivity contribution in [3.05, 3.63) is 58.3 Å². The minimum Gasteiger partial charge on any atom is -0.438 e. The van der Waals surface area contributed by atoms with Crippen LogP contribution in [0.1, 0.15) is 0 Å². The maximum atomic E-state index is 14.1. The van der Waals surface area contributed by atoms with Crippen molar-refractivity contribution in [2.75, 3.05) is 6.26 Å². The van der Waals surface area contributed by atoms with Crippen LogP contribution in [0.5, 0.6) is 5.88 Å². The summed E-state index contributed by atoms with van der Waals surface area (Å²) in [5.74, 6) is 0.178. The summed E-state index contributed by atoms with van der Waals surface area (Å²) in [4.78, 5) is 18.4. The molecule has 0 fully saturated rings. The lowest BCUT2D eigenvalue weighted by Gasteiger charge is -2.09. The summed E-state index contributed by atoms with van der Waals surface area (Å²) < 4.78 is 21.4. The standard InChI is InChI=1S/C14H10FN3O3S2/c1-22-12-6-10-13(23-12)14(17-7-16-10)21-11-5-3-8(18(19)20)2-4-9(11)15/h2-7,9H,1H3. The van der Waals surface area contributed by atoms with Crippen molar-refractivity contribution >= 4 is 33.3 Å². The largest absolute Gasteiger partial charge is 0.438 e. The number of fused-ring (bicyclic) bond motifs is 1. The van der Waals surface area contributed by atoms with Crippen LogP contribution in [0.2, 0.25) is 0 Å². The van der Waals surface area contributed by atoms with Gasteiger partial charge in [-0.1, -0.05) is 0 Å². The number of aromatic nitrogens is 2. The Kier molecular flexibility index (Phi) is 4.39. The van der Waals surface area contributed by atoms with Crippen LogP contribution >= 0.6 is 23.1 Å². The monoisotopic (exact) mass is 351 g/mol. The maximum Gasteiger partial charge on any atom is 0.269 e. The highest BCUT2D eigenvalue weighted by Crippen LogP contribution is 2.36. The van der Waals surface area contributed by atoms with E-state index in [-0.39, 0.29) is 17.3 Å². The average molecular weight is 351 g/mol. The molecule has 0 aromatic carbocycles. The summed E-state index contributed by atoms with van der Waals surface area (Å²) in [5, 5.41) is 10.8. The first-order chi connectivity index (χ1) is 11.1. The molecule has 0 amide bonds. The van der Waals surface area contributed by atoms with Crippen LogP contribution in [0.4, 0.5) is 4.39 Å². The molecule has 2 heterocycles. The molecule has 1 aliphatic rings. The molecule has 0 radical (unpaired) electrons. The van der Waals surface area contributed by atoms with Crippen LogP contribution in [0.15, 0.2) is 52.4 Å². The van der Waals surface area contributed by atoms with Gasteiger partial charge >= 0.3 is 0 Å². The molecule has 0 saturated heterocycles. The van der Waals surface area contributed by atoms with Gasteiger partial charge in [0.05, 0.1) is 14.6 Å². The highest BCUT2D eigenvalue weighted by molar-refractivity contribution is 8.00. The number of alkyl halides is 1.